The van der Waals surface area contributed by atoms with E-state index in [0.717, 1.165) is 22.9 Å². The number of ether oxygens (including phenoxy) is 2. The summed E-state index contributed by atoms with van der Waals surface area (Å²) in [7, 11) is 0. The number of aromatic nitrogens is 4. The lowest BCUT2D eigenvalue weighted by atomic mass is 10.0. The first kappa shape index (κ1) is 34.0. The quantitative estimate of drug-likeness (QED) is 0.156. The Morgan fingerprint density at radius 1 is 1.00 bits per heavy atom. The van der Waals surface area contributed by atoms with E-state index >= 15 is 0 Å². The maximum absolute atomic E-state index is 14.6. The number of nitrogens with one attached hydrogen (secondary N) is 3. The summed E-state index contributed by atoms with van der Waals surface area (Å²) < 4.78 is 27.5. The molecule has 6 aromatic rings. The Kier molecular flexibility index (Phi) is 9.91. The number of anilines is 3. The maximum atomic E-state index is 14.6. The first-order chi connectivity index (χ1) is 25.4. The van der Waals surface area contributed by atoms with Crippen molar-refractivity contribution in [1.82, 2.24) is 24.9 Å². The average molecular weight is 701 g/mol. The van der Waals surface area contributed by atoms with Crippen LogP contribution < -0.4 is 25.6 Å². The van der Waals surface area contributed by atoms with Gasteiger partial charge in [-0.3, -0.25) is 10.1 Å². The number of amides is 2. The second-order valence-electron chi connectivity index (χ2n) is 12.3. The molecule has 7 rings (SSSR count). The van der Waals surface area contributed by atoms with E-state index in [4.69, 9.17) is 19.6 Å². The normalized spacial score (nSPS) is 14.1. The highest BCUT2D eigenvalue weighted by Gasteiger charge is 2.28. The zero-order chi connectivity index (χ0) is 36.0. The summed E-state index contributed by atoms with van der Waals surface area (Å²) in [5, 5.41) is 13.9. The third-order valence-electron chi connectivity index (χ3n) is 8.50. The van der Waals surface area contributed by atoms with Crippen molar-refractivity contribution < 1.29 is 23.5 Å². The lowest BCUT2D eigenvalue weighted by molar-refractivity contribution is 0.0932. The highest BCUT2D eigenvalue weighted by molar-refractivity contribution is 6.01. The molecule has 1 unspecified atom stereocenters. The molecule has 0 fully saturated rings. The Labute approximate surface area is 299 Å². The van der Waals surface area contributed by atoms with Gasteiger partial charge in [0.15, 0.2) is 5.65 Å². The molecule has 2 amide bonds. The number of carbonyl (C=O) groups excluding carboxylic acids is 2. The molecular weight excluding hydrogens is 663 g/mol. The molecule has 0 radical (unpaired) electrons. The fourth-order valence-corrected chi connectivity index (χ4v) is 6.09. The average Bonchev–Trinajstić information content (AvgIpc) is 3.58. The van der Waals surface area contributed by atoms with Gasteiger partial charge in [-0.05, 0) is 48.7 Å². The summed E-state index contributed by atoms with van der Waals surface area (Å²) in [6.07, 6.45) is 1.59. The van der Waals surface area contributed by atoms with Crippen LogP contribution in [0.5, 0.6) is 5.88 Å². The third-order valence-corrected chi connectivity index (χ3v) is 8.50. The van der Waals surface area contributed by atoms with Gasteiger partial charge in [-0.1, -0.05) is 72.8 Å². The zero-order valence-corrected chi connectivity index (χ0v) is 28.7. The van der Waals surface area contributed by atoms with Gasteiger partial charge in [-0.15, -0.1) is 0 Å². The molecule has 3 N–H and O–H groups in total. The predicted molar refractivity (Wildman–Crippen MR) is 196 cm³/mol. The Morgan fingerprint density at radius 3 is 2.37 bits per heavy atom. The van der Waals surface area contributed by atoms with Crippen LogP contribution in [-0.2, 0) is 24.4 Å². The highest BCUT2D eigenvalue weighted by atomic mass is 19.1. The summed E-state index contributed by atoms with van der Waals surface area (Å²) in [5.41, 5.74) is 5.11. The number of pyridine rings is 1. The van der Waals surface area contributed by atoms with Gasteiger partial charge in [-0.25, -0.2) is 19.2 Å². The standard InChI is InChI=1S/C39H37FN8O4/c1-3-51-39(50)45-31-16-14-28(15-17-31)33-34-41-20-29-18-30(40)21-43-37(29)52-25(2)19-42-36(49)32-22-44-48(35(32)46-34)38(33)47(23-26-10-6-4-7-11-26)24-27-12-8-5-9-13-27/h4-18,21-22,25H,3,19-20,23-24H2,1-2H3,(H,41,46)(H,42,49)(H,45,50). The van der Waals surface area contributed by atoms with E-state index in [0.29, 0.717) is 47.2 Å². The molecule has 4 heterocycles. The number of rotatable bonds is 8. The third kappa shape index (κ3) is 7.48. The predicted octanol–water partition coefficient (Wildman–Crippen LogP) is 6.83. The molecule has 0 aliphatic carbocycles. The van der Waals surface area contributed by atoms with E-state index in [1.54, 1.807) is 30.5 Å². The molecule has 1 aliphatic heterocycles. The van der Waals surface area contributed by atoms with Crippen molar-refractivity contribution in [3.05, 3.63) is 131 Å². The smallest absolute Gasteiger partial charge is 0.411 e. The highest BCUT2D eigenvalue weighted by Crippen LogP contribution is 2.40. The van der Waals surface area contributed by atoms with E-state index in [1.807, 2.05) is 48.5 Å². The minimum absolute atomic E-state index is 0.104. The van der Waals surface area contributed by atoms with Gasteiger partial charge in [0.2, 0.25) is 5.88 Å². The Hall–Kier alpha value is -6.50. The van der Waals surface area contributed by atoms with Crippen LogP contribution in [0.15, 0.2) is 103 Å². The second kappa shape index (κ2) is 15.2. The van der Waals surface area contributed by atoms with Crippen molar-refractivity contribution in [2.45, 2.75) is 39.6 Å². The topological polar surface area (TPSA) is 135 Å². The maximum Gasteiger partial charge on any atom is 0.411 e. The summed E-state index contributed by atoms with van der Waals surface area (Å²) >= 11 is 0. The fraction of sp³-hybridized carbons (Fsp3) is 0.205. The van der Waals surface area contributed by atoms with Crippen LogP contribution >= 0.6 is 0 Å². The van der Waals surface area contributed by atoms with Crippen molar-refractivity contribution >= 4 is 35.0 Å². The molecule has 1 aliphatic rings. The van der Waals surface area contributed by atoms with Crippen molar-refractivity contribution in [1.29, 1.82) is 0 Å². The first-order valence-corrected chi connectivity index (χ1v) is 17.0. The van der Waals surface area contributed by atoms with Gasteiger partial charge in [0, 0.05) is 30.9 Å². The summed E-state index contributed by atoms with van der Waals surface area (Å²) in [5.74, 6) is 0.420. The van der Waals surface area contributed by atoms with Crippen molar-refractivity contribution in [3.63, 3.8) is 0 Å². The lowest BCUT2D eigenvalue weighted by Gasteiger charge is -2.29. The molecule has 264 valence electrons. The summed E-state index contributed by atoms with van der Waals surface area (Å²) in [4.78, 5) is 37.4. The first-order valence-electron chi connectivity index (χ1n) is 17.0. The molecule has 2 bridgehead atoms. The molecule has 12 nitrogen and oxygen atoms in total. The molecule has 0 spiro atoms. The lowest BCUT2D eigenvalue weighted by Crippen LogP contribution is -2.34. The Morgan fingerprint density at radius 2 is 1.69 bits per heavy atom. The molecule has 0 saturated heterocycles. The number of benzene rings is 3. The molecule has 13 heteroatoms. The number of halogens is 1. The van der Waals surface area contributed by atoms with E-state index in [2.05, 4.69) is 50.1 Å². The summed E-state index contributed by atoms with van der Waals surface area (Å²) in [6, 6.07) is 28.8. The number of nitrogens with zero attached hydrogens (tertiary/aromatic N) is 5. The van der Waals surface area contributed by atoms with Gasteiger partial charge in [0.25, 0.3) is 5.91 Å². The summed E-state index contributed by atoms with van der Waals surface area (Å²) in [6.45, 7) is 5.01. The van der Waals surface area contributed by atoms with E-state index in [9.17, 15) is 14.0 Å². The van der Waals surface area contributed by atoms with Crippen LogP contribution in [0.1, 0.15) is 40.9 Å². The Balaban J connectivity index is 1.46. The second-order valence-corrected chi connectivity index (χ2v) is 12.3. The molecule has 3 aromatic heterocycles. The van der Waals surface area contributed by atoms with Crippen LogP contribution in [0.25, 0.3) is 16.8 Å². The minimum atomic E-state index is -0.561. The number of carbonyl (C=O) groups is 2. The van der Waals surface area contributed by atoms with Crippen molar-refractivity contribution in [2.24, 2.45) is 0 Å². The number of hydrogen-bond acceptors (Lipinski definition) is 9. The Bertz CT molecular complexity index is 2150. The van der Waals surface area contributed by atoms with Crippen LogP contribution in [0.3, 0.4) is 0 Å². The van der Waals surface area contributed by atoms with Crippen LogP contribution in [0.4, 0.5) is 26.5 Å². The monoisotopic (exact) mass is 700 g/mol. The number of hydrogen-bond donors (Lipinski definition) is 3. The van der Waals surface area contributed by atoms with E-state index in [-0.39, 0.29) is 37.0 Å². The molecule has 0 saturated carbocycles. The largest absolute Gasteiger partial charge is 0.473 e. The van der Waals surface area contributed by atoms with E-state index < -0.39 is 18.0 Å². The number of fused-ring (bicyclic) bond motifs is 2. The van der Waals surface area contributed by atoms with Gasteiger partial charge in [0.05, 0.1) is 31.1 Å². The van der Waals surface area contributed by atoms with Crippen LogP contribution in [0.2, 0.25) is 0 Å². The molecule has 1 atom stereocenters. The van der Waals surface area contributed by atoms with Gasteiger partial charge in [-0.2, -0.15) is 9.61 Å². The molecule has 52 heavy (non-hydrogen) atoms. The van der Waals surface area contributed by atoms with Crippen LogP contribution in [-0.4, -0.2) is 50.8 Å². The van der Waals surface area contributed by atoms with Gasteiger partial charge >= 0.3 is 6.09 Å². The van der Waals surface area contributed by atoms with Crippen LogP contribution in [0, 0.1) is 5.82 Å². The zero-order valence-electron chi connectivity index (χ0n) is 28.7. The van der Waals surface area contributed by atoms with Crippen molar-refractivity contribution in [3.8, 4) is 17.0 Å². The van der Waals surface area contributed by atoms with E-state index in [1.165, 1.54) is 12.3 Å². The molecular formula is C39H37FN8O4. The molecule has 3 aromatic carbocycles. The minimum Gasteiger partial charge on any atom is -0.473 e. The van der Waals surface area contributed by atoms with Gasteiger partial charge in [0.1, 0.15) is 29.1 Å². The van der Waals surface area contributed by atoms with Gasteiger partial charge < -0.3 is 25.0 Å². The fourth-order valence-electron chi connectivity index (χ4n) is 6.09. The SMILES string of the molecule is CCOC(=O)Nc1ccc(-c2c3nc4c(cnn4c2N(Cc2ccccc2)Cc2ccccc2)C(=O)NCC(C)Oc2ncc(F)cc2CN3)cc1. The van der Waals surface area contributed by atoms with Crippen molar-refractivity contribution in [2.75, 3.05) is 28.7 Å².